The molecule has 1 atom stereocenters. The Morgan fingerprint density at radius 3 is 2.65 bits per heavy atom. The van der Waals surface area contributed by atoms with Gasteiger partial charge in [-0.15, -0.1) is 11.3 Å². The second kappa shape index (κ2) is 5.52. The molecule has 6 heteroatoms. The van der Waals surface area contributed by atoms with Gasteiger partial charge in [0.05, 0.1) is 12.2 Å². The molecule has 1 aliphatic rings. The van der Waals surface area contributed by atoms with Gasteiger partial charge in [-0.2, -0.15) is 0 Å². The third kappa shape index (κ3) is 2.85. The van der Waals surface area contributed by atoms with Crippen molar-refractivity contribution in [1.82, 2.24) is 15.2 Å². The van der Waals surface area contributed by atoms with E-state index in [-0.39, 0.29) is 11.8 Å². The van der Waals surface area contributed by atoms with Crippen LogP contribution in [0.5, 0.6) is 0 Å². The molecule has 0 spiro atoms. The maximum atomic E-state index is 12.6. The Morgan fingerprint density at radius 2 is 2.10 bits per heavy atom. The van der Waals surface area contributed by atoms with Crippen LogP contribution in [0.3, 0.4) is 0 Å². The van der Waals surface area contributed by atoms with E-state index in [0.29, 0.717) is 25.9 Å². The molecule has 0 radical (unpaired) electrons. The molecule has 2 amide bonds. The molecule has 0 bridgehead atoms. The number of nitrogens with zero attached hydrogens (tertiary/aromatic N) is 2. The number of carbonyl (C=O) groups is 2. The maximum Gasteiger partial charge on any atom is 0.248 e. The van der Waals surface area contributed by atoms with Crippen molar-refractivity contribution in [2.75, 3.05) is 6.54 Å². The first kappa shape index (κ1) is 15.0. The summed E-state index contributed by atoms with van der Waals surface area (Å²) in [6.45, 7) is 8.66. The van der Waals surface area contributed by atoms with E-state index in [9.17, 15) is 9.59 Å². The van der Waals surface area contributed by atoms with Crippen LogP contribution in [0.25, 0.3) is 0 Å². The second-order valence-electron chi connectivity index (χ2n) is 5.46. The van der Waals surface area contributed by atoms with Gasteiger partial charge in [0.1, 0.15) is 10.5 Å². The lowest BCUT2D eigenvalue weighted by Gasteiger charge is -2.30. The van der Waals surface area contributed by atoms with E-state index in [1.54, 1.807) is 23.2 Å². The van der Waals surface area contributed by atoms with Crippen LogP contribution in [-0.2, 0) is 16.1 Å². The van der Waals surface area contributed by atoms with Gasteiger partial charge in [0.15, 0.2) is 0 Å². The van der Waals surface area contributed by atoms with Gasteiger partial charge in [-0.3, -0.25) is 9.59 Å². The van der Waals surface area contributed by atoms with Crippen LogP contribution in [0.4, 0.5) is 0 Å². The number of hydrogen-bond acceptors (Lipinski definition) is 4. The van der Waals surface area contributed by atoms with Crippen molar-refractivity contribution in [2.24, 2.45) is 0 Å². The molecule has 0 aromatic carbocycles. The highest BCUT2D eigenvalue weighted by molar-refractivity contribution is 7.11. The summed E-state index contributed by atoms with van der Waals surface area (Å²) < 4.78 is 0. The van der Waals surface area contributed by atoms with Gasteiger partial charge in [0.25, 0.3) is 0 Å². The Morgan fingerprint density at radius 1 is 1.40 bits per heavy atom. The largest absolute Gasteiger partial charge is 0.342 e. The SMILES string of the molecule is CCC1(C)NC(=O)CCN(Cc2nc(C)c(C)s2)C1=O. The van der Waals surface area contributed by atoms with Crippen LogP contribution in [0, 0.1) is 13.8 Å². The van der Waals surface area contributed by atoms with Gasteiger partial charge in [0, 0.05) is 17.8 Å². The smallest absolute Gasteiger partial charge is 0.248 e. The Hall–Kier alpha value is -1.43. The molecule has 110 valence electrons. The Kier molecular flexibility index (Phi) is 4.13. The van der Waals surface area contributed by atoms with E-state index in [1.807, 2.05) is 20.8 Å². The van der Waals surface area contributed by atoms with Gasteiger partial charge in [-0.05, 0) is 27.2 Å². The first-order chi connectivity index (χ1) is 9.35. The van der Waals surface area contributed by atoms with Crippen LogP contribution < -0.4 is 5.32 Å². The molecule has 1 N–H and O–H groups in total. The lowest BCUT2D eigenvalue weighted by atomic mass is 9.97. The topological polar surface area (TPSA) is 62.3 Å². The van der Waals surface area contributed by atoms with Crippen molar-refractivity contribution in [1.29, 1.82) is 0 Å². The number of rotatable bonds is 3. The summed E-state index contributed by atoms with van der Waals surface area (Å²) in [5.41, 5.74) is 0.217. The fourth-order valence-corrected chi connectivity index (χ4v) is 3.22. The Balaban J connectivity index is 2.21. The fourth-order valence-electron chi connectivity index (χ4n) is 2.27. The number of nitrogens with one attached hydrogen (secondary N) is 1. The van der Waals surface area contributed by atoms with Crippen LogP contribution in [0.15, 0.2) is 0 Å². The molecule has 5 nitrogen and oxygen atoms in total. The summed E-state index contributed by atoms with van der Waals surface area (Å²) >= 11 is 1.62. The average molecular weight is 295 g/mol. The molecule has 1 aliphatic heterocycles. The van der Waals surface area contributed by atoms with Crippen molar-refractivity contribution in [3.05, 3.63) is 15.6 Å². The lowest BCUT2D eigenvalue weighted by Crippen LogP contribution is -2.54. The molecule has 1 unspecified atom stereocenters. The minimum Gasteiger partial charge on any atom is -0.342 e. The summed E-state index contributed by atoms with van der Waals surface area (Å²) in [6, 6.07) is 0. The monoisotopic (exact) mass is 295 g/mol. The van der Waals surface area contributed by atoms with E-state index in [2.05, 4.69) is 10.3 Å². The standard InChI is InChI=1S/C14H21N3O2S/c1-5-14(4)13(19)17(7-6-11(18)16-14)8-12-15-9(2)10(3)20-12/h5-8H2,1-4H3,(H,16,18). The summed E-state index contributed by atoms with van der Waals surface area (Å²) in [5.74, 6) is -0.0759. The molecule has 1 saturated heterocycles. The normalized spacial score (nSPS) is 23.7. The quantitative estimate of drug-likeness (QED) is 0.924. The van der Waals surface area contributed by atoms with Crippen LogP contribution in [0.2, 0.25) is 0 Å². The predicted octanol–water partition coefficient (Wildman–Crippen LogP) is 1.78. The average Bonchev–Trinajstić information content (AvgIpc) is 2.66. The van der Waals surface area contributed by atoms with E-state index in [0.717, 1.165) is 10.7 Å². The van der Waals surface area contributed by atoms with Crippen LogP contribution >= 0.6 is 11.3 Å². The molecule has 1 aromatic rings. The Bertz CT molecular complexity index is 521. The highest BCUT2D eigenvalue weighted by Crippen LogP contribution is 2.22. The highest BCUT2D eigenvalue weighted by Gasteiger charge is 2.39. The zero-order chi connectivity index (χ0) is 14.9. The van der Waals surface area contributed by atoms with Gasteiger partial charge in [-0.1, -0.05) is 6.92 Å². The fraction of sp³-hybridized carbons (Fsp3) is 0.643. The molecule has 1 aromatic heterocycles. The third-order valence-electron chi connectivity index (χ3n) is 3.89. The Labute approximate surface area is 123 Å². The number of aromatic nitrogens is 1. The van der Waals surface area contributed by atoms with Gasteiger partial charge in [-0.25, -0.2) is 4.98 Å². The molecule has 0 saturated carbocycles. The second-order valence-corrected chi connectivity index (χ2v) is 6.75. The van der Waals surface area contributed by atoms with E-state index >= 15 is 0 Å². The van der Waals surface area contributed by atoms with E-state index < -0.39 is 5.54 Å². The highest BCUT2D eigenvalue weighted by atomic mass is 32.1. The zero-order valence-corrected chi connectivity index (χ0v) is 13.3. The van der Waals surface area contributed by atoms with Crippen LogP contribution in [0.1, 0.15) is 42.3 Å². The molecule has 2 heterocycles. The van der Waals surface area contributed by atoms with E-state index in [4.69, 9.17) is 0 Å². The van der Waals surface area contributed by atoms with Gasteiger partial charge in [0.2, 0.25) is 11.8 Å². The predicted molar refractivity (Wildman–Crippen MR) is 78.5 cm³/mol. The summed E-state index contributed by atoms with van der Waals surface area (Å²) in [6.07, 6.45) is 0.939. The number of hydrogen-bond donors (Lipinski definition) is 1. The molecule has 1 fully saturated rings. The van der Waals surface area contributed by atoms with E-state index in [1.165, 1.54) is 4.88 Å². The minimum absolute atomic E-state index is 0.0173. The van der Waals surface area contributed by atoms with Gasteiger partial charge < -0.3 is 10.2 Å². The molecular weight excluding hydrogens is 274 g/mol. The zero-order valence-electron chi connectivity index (χ0n) is 12.4. The van der Waals surface area contributed by atoms with Gasteiger partial charge >= 0.3 is 0 Å². The number of thiazole rings is 1. The number of carbonyl (C=O) groups excluding carboxylic acids is 2. The first-order valence-corrected chi connectivity index (χ1v) is 7.70. The summed E-state index contributed by atoms with van der Waals surface area (Å²) in [4.78, 5) is 31.8. The number of aryl methyl sites for hydroxylation is 2. The van der Waals surface area contributed by atoms with Crippen molar-refractivity contribution in [2.45, 2.75) is 52.6 Å². The number of amides is 2. The first-order valence-electron chi connectivity index (χ1n) is 6.89. The van der Waals surface area contributed by atoms with Crippen molar-refractivity contribution in [3.8, 4) is 0 Å². The van der Waals surface area contributed by atoms with Crippen molar-refractivity contribution < 1.29 is 9.59 Å². The molecule has 20 heavy (non-hydrogen) atoms. The van der Waals surface area contributed by atoms with Crippen molar-refractivity contribution in [3.63, 3.8) is 0 Å². The summed E-state index contributed by atoms with van der Waals surface area (Å²) in [5, 5.41) is 3.77. The molecule has 2 rings (SSSR count). The minimum atomic E-state index is -0.797. The maximum absolute atomic E-state index is 12.6. The molecule has 0 aliphatic carbocycles. The summed E-state index contributed by atoms with van der Waals surface area (Å²) in [7, 11) is 0. The van der Waals surface area contributed by atoms with Crippen molar-refractivity contribution >= 4 is 23.2 Å². The van der Waals surface area contributed by atoms with Crippen LogP contribution in [-0.4, -0.2) is 33.8 Å². The lowest BCUT2D eigenvalue weighted by molar-refractivity contribution is -0.138. The molecular formula is C14H21N3O2S. The third-order valence-corrected chi connectivity index (χ3v) is 4.95.